The van der Waals surface area contributed by atoms with E-state index in [1.165, 1.54) is 11.3 Å². The molecular weight excluding hydrogens is 444 g/mol. The topological polar surface area (TPSA) is 84.3 Å². The summed E-state index contributed by atoms with van der Waals surface area (Å²) in [5, 5.41) is 0.645. The van der Waals surface area contributed by atoms with Gasteiger partial charge in [0.2, 0.25) is 10.0 Å². The van der Waals surface area contributed by atoms with Crippen LogP contribution in [0.15, 0.2) is 47.5 Å². The van der Waals surface area contributed by atoms with Gasteiger partial charge in [0.05, 0.1) is 11.4 Å². The highest BCUT2D eigenvalue weighted by atomic mass is 32.2. The van der Waals surface area contributed by atoms with Gasteiger partial charge in [-0.15, -0.1) is 11.3 Å². The number of aryl methyl sites for hydroxylation is 2. The Hall–Kier alpha value is -2.49. The number of likely N-dealkylation sites (tertiary alicyclic amines) is 1. The van der Waals surface area contributed by atoms with Crippen LogP contribution in [0.25, 0.3) is 10.7 Å². The fraction of sp³-hybridized carbons (Fsp3) is 0.391. The van der Waals surface area contributed by atoms with E-state index in [2.05, 4.69) is 9.71 Å². The summed E-state index contributed by atoms with van der Waals surface area (Å²) in [6.45, 7) is 5.69. The molecule has 170 valence electrons. The zero-order valence-electron chi connectivity index (χ0n) is 18.5. The maximum absolute atomic E-state index is 12.9. The van der Waals surface area contributed by atoms with Crippen LogP contribution in [0.4, 0.5) is 0 Å². The van der Waals surface area contributed by atoms with Gasteiger partial charge in [-0.25, -0.2) is 18.1 Å². The van der Waals surface area contributed by atoms with Gasteiger partial charge in [0.1, 0.15) is 14.8 Å². The number of hydrogen-bond acceptors (Lipinski definition) is 5. The molecule has 1 aliphatic heterocycles. The Morgan fingerprint density at radius 2 is 1.91 bits per heavy atom. The smallest absolute Gasteiger partial charge is 0.265 e. The molecule has 0 unspecified atom stereocenters. The maximum Gasteiger partial charge on any atom is 0.265 e. The number of rotatable bonds is 7. The van der Waals surface area contributed by atoms with E-state index < -0.39 is 10.0 Å². The van der Waals surface area contributed by atoms with Crippen LogP contribution in [0, 0.1) is 6.92 Å². The highest BCUT2D eigenvalue weighted by molar-refractivity contribution is 7.89. The van der Waals surface area contributed by atoms with Gasteiger partial charge < -0.3 is 9.47 Å². The third-order valence-corrected chi connectivity index (χ3v) is 8.40. The third kappa shape index (κ3) is 4.65. The summed E-state index contributed by atoms with van der Waals surface area (Å²) in [5.41, 5.74) is 2.44. The summed E-state index contributed by atoms with van der Waals surface area (Å²) in [5.74, 6) is 0.0669. The van der Waals surface area contributed by atoms with Gasteiger partial charge in [0.15, 0.2) is 0 Å². The van der Waals surface area contributed by atoms with Crippen molar-refractivity contribution in [3.63, 3.8) is 0 Å². The Balaban J connectivity index is 1.52. The lowest BCUT2D eigenvalue weighted by Gasteiger charge is -2.13. The normalized spacial score (nSPS) is 15.3. The van der Waals surface area contributed by atoms with E-state index in [0.717, 1.165) is 31.5 Å². The van der Waals surface area contributed by atoms with Crippen molar-refractivity contribution in [2.24, 2.45) is 7.05 Å². The van der Waals surface area contributed by atoms with Crippen molar-refractivity contribution in [1.29, 1.82) is 0 Å². The van der Waals surface area contributed by atoms with E-state index in [4.69, 9.17) is 0 Å². The van der Waals surface area contributed by atoms with E-state index in [0.29, 0.717) is 27.8 Å². The van der Waals surface area contributed by atoms with Gasteiger partial charge in [0.25, 0.3) is 5.91 Å². The molecule has 1 aromatic carbocycles. The average molecular weight is 473 g/mol. The fourth-order valence-electron chi connectivity index (χ4n) is 3.88. The minimum Gasteiger partial charge on any atom is -0.347 e. The number of aromatic nitrogens is 2. The maximum atomic E-state index is 12.9. The zero-order valence-corrected chi connectivity index (χ0v) is 20.2. The van der Waals surface area contributed by atoms with Gasteiger partial charge in [-0.2, -0.15) is 0 Å². The van der Waals surface area contributed by atoms with Gasteiger partial charge in [-0.3, -0.25) is 4.79 Å². The molecule has 1 saturated heterocycles. The number of carbonyl (C=O) groups excluding carboxylic acids is 1. The van der Waals surface area contributed by atoms with Gasteiger partial charge in [-0.05, 0) is 37.3 Å². The van der Waals surface area contributed by atoms with Crippen molar-refractivity contribution in [3.05, 3.63) is 58.7 Å². The number of hydrogen-bond donors (Lipinski definition) is 1. The monoisotopic (exact) mass is 472 g/mol. The molecule has 0 bridgehead atoms. The first-order valence-corrected chi connectivity index (χ1v) is 13.0. The van der Waals surface area contributed by atoms with Crippen molar-refractivity contribution >= 4 is 27.3 Å². The number of amides is 1. The Labute approximate surface area is 193 Å². The lowest BCUT2D eigenvalue weighted by atomic mass is 10.0. The molecule has 1 atom stereocenters. The second kappa shape index (κ2) is 9.17. The molecule has 32 heavy (non-hydrogen) atoms. The van der Waals surface area contributed by atoms with Crippen LogP contribution in [-0.4, -0.2) is 48.4 Å². The molecular formula is C23H28N4O3S2. The van der Waals surface area contributed by atoms with Crippen LogP contribution in [-0.2, 0) is 17.1 Å². The van der Waals surface area contributed by atoms with Crippen LogP contribution in [0.3, 0.4) is 0 Å². The number of nitrogens with one attached hydrogen (secondary N) is 1. The lowest BCUT2D eigenvalue weighted by molar-refractivity contribution is 0.0796. The lowest BCUT2D eigenvalue weighted by Crippen LogP contribution is -2.27. The van der Waals surface area contributed by atoms with E-state index in [1.807, 2.05) is 49.1 Å². The SMILES string of the molecule is Cc1nc(-c2cc(S(=O)(=O)NC[C@@H](C)c3ccccc3)cn2C)sc1C(=O)N1CCCC1. The molecule has 3 aromatic rings. The molecule has 1 fully saturated rings. The van der Waals surface area contributed by atoms with E-state index >= 15 is 0 Å². The molecule has 2 aromatic heterocycles. The molecule has 0 aliphatic carbocycles. The van der Waals surface area contributed by atoms with Gasteiger partial charge >= 0.3 is 0 Å². The number of carbonyl (C=O) groups is 1. The van der Waals surface area contributed by atoms with Crippen molar-refractivity contribution in [3.8, 4) is 10.7 Å². The van der Waals surface area contributed by atoms with E-state index in [9.17, 15) is 13.2 Å². The Morgan fingerprint density at radius 1 is 1.22 bits per heavy atom. The van der Waals surface area contributed by atoms with Crippen LogP contribution >= 0.6 is 11.3 Å². The summed E-state index contributed by atoms with van der Waals surface area (Å²) < 4.78 is 30.3. The van der Waals surface area contributed by atoms with Crippen LogP contribution < -0.4 is 4.72 Å². The molecule has 4 rings (SSSR count). The summed E-state index contributed by atoms with van der Waals surface area (Å²) in [7, 11) is -1.88. The summed E-state index contributed by atoms with van der Waals surface area (Å²) in [6.07, 6.45) is 3.65. The molecule has 9 heteroatoms. The Kier molecular flexibility index (Phi) is 6.50. The summed E-state index contributed by atoms with van der Waals surface area (Å²) in [6, 6.07) is 11.4. The van der Waals surface area contributed by atoms with Crippen LogP contribution in [0.1, 0.15) is 46.6 Å². The predicted molar refractivity (Wildman–Crippen MR) is 126 cm³/mol. The second-order valence-corrected chi connectivity index (χ2v) is 11.0. The quantitative estimate of drug-likeness (QED) is 0.567. The first kappa shape index (κ1) is 22.7. The highest BCUT2D eigenvalue weighted by Crippen LogP contribution is 2.31. The highest BCUT2D eigenvalue weighted by Gasteiger charge is 2.26. The molecule has 1 aliphatic rings. The van der Waals surface area contributed by atoms with Crippen molar-refractivity contribution in [1.82, 2.24) is 19.2 Å². The van der Waals surface area contributed by atoms with E-state index in [-0.39, 0.29) is 16.7 Å². The molecule has 0 saturated carbocycles. The first-order chi connectivity index (χ1) is 15.3. The molecule has 0 spiro atoms. The number of thiazole rings is 1. The van der Waals surface area contributed by atoms with Gasteiger partial charge in [-0.1, -0.05) is 37.3 Å². The third-order valence-electron chi connectivity index (χ3n) is 5.84. The van der Waals surface area contributed by atoms with Crippen LogP contribution in [0.2, 0.25) is 0 Å². The average Bonchev–Trinajstić information content (AvgIpc) is 3.52. The largest absolute Gasteiger partial charge is 0.347 e. The van der Waals surface area contributed by atoms with Gasteiger partial charge in [0, 0.05) is 32.9 Å². The van der Waals surface area contributed by atoms with Crippen molar-refractivity contribution < 1.29 is 13.2 Å². The molecule has 3 heterocycles. The Morgan fingerprint density at radius 3 is 2.59 bits per heavy atom. The molecule has 7 nitrogen and oxygen atoms in total. The second-order valence-electron chi connectivity index (χ2n) is 8.27. The standard InChI is InChI=1S/C23H28N4O3S2/c1-16(18-9-5-4-6-10-18)14-24-32(29,30)19-13-20(26(3)15-19)22-25-17(2)21(31-22)23(28)27-11-7-8-12-27/h4-6,9-10,13,15-16,24H,7-8,11-12,14H2,1-3H3/t16-/m1/s1. The number of nitrogens with zero attached hydrogens (tertiary/aromatic N) is 3. The fourth-order valence-corrected chi connectivity index (χ4v) is 6.17. The number of benzene rings is 1. The minimum atomic E-state index is -3.67. The van der Waals surface area contributed by atoms with Crippen LogP contribution in [0.5, 0.6) is 0 Å². The van der Waals surface area contributed by atoms with Crippen molar-refractivity contribution in [2.75, 3.05) is 19.6 Å². The molecule has 1 N–H and O–H groups in total. The molecule has 0 radical (unpaired) electrons. The van der Waals surface area contributed by atoms with E-state index in [1.54, 1.807) is 23.9 Å². The minimum absolute atomic E-state index is 0.0161. The Bertz CT molecular complexity index is 1210. The van der Waals surface area contributed by atoms with Crippen molar-refractivity contribution in [2.45, 2.75) is 37.5 Å². The molecule has 1 amide bonds. The zero-order chi connectivity index (χ0) is 22.9. The number of sulfonamides is 1. The first-order valence-electron chi connectivity index (χ1n) is 10.7. The predicted octanol–water partition coefficient (Wildman–Crippen LogP) is 3.78. The summed E-state index contributed by atoms with van der Waals surface area (Å²) >= 11 is 1.32. The summed E-state index contributed by atoms with van der Waals surface area (Å²) in [4.78, 5) is 20.1.